The lowest BCUT2D eigenvalue weighted by Gasteiger charge is -2.25. The van der Waals surface area contributed by atoms with Crippen molar-refractivity contribution in [2.24, 2.45) is 0 Å². The summed E-state index contributed by atoms with van der Waals surface area (Å²) in [6, 6.07) is 12.0. The number of hydrogen-bond acceptors (Lipinski definition) is 3. The van der Waals surface area contributed by atoms with Gasteiger partial charge in [0, 0.05) is 36.2 Å². The molecule has 0 atom stereocenters. The first-order chi connectivity index (χ1) is 10.2. The number of nitrogens with zero attached hydrogens (tertiary/aromatic N) is 2. The highest BCUT2D eigenvalue weighted by molar-refractivity contribution is 5.92. The summed E-state index contributed by atoms with van der Waals surface area (Å²) >= 11 is 0. The Kier molecular flexibility index (Phi) is 4.11. The zero-order valence-corrected chi connectivity index (χ0v) is 13.3. The Hall–Kier alpha value is -1.61. The first kappa shape index (κ1) is 14.3. The van der Waals surface area contributed by atoms with Gasteiger partial charge in [0.1, 0.15) is 0 Å². The van der Waals surface area contributed by atoms with Gasteiger partial charge in [-0.25, -0.2) is 0 Å². The van der Waals surface area contributed by atoms with Crippen molar-refractivity contribution in [3.8, 4) is 0 Å². The van der Waals surface area contributed by atoms with Gasteiger partial charge in [-0.2, -0.15) is 0 Å². The average molecular weight is 283 g/mol. The van der Waals surface area contributed by atoms with Crippen LogP contribution in [0.25, 0.3) is 10.9 Å². The van der Waals surface area contributed by atoms with Gasteiger partial charge in [0.05, 0.1) is 11.2 Å². The molecular formula is C18H25N3. The minimum Gasteiger partial charge on any atom is -0.368 e. The molecule has 0 aliphatic heterocycles. The van der Waals surface area contributed by atoms with E-state index in [2.05, 4.69) is 61.3 Å². The summed E-state index contributed by atoms with van der Waals surface area (Å²) < 4.78 is 0. The molecule has 1 fully saturated rings. The molecular weight excluding hydrogens is 258 g/mol. The second-order valence-electron chi connectivity index (χ2n) is 6.20. The average Bonchev–Trinajstić information content (AvgIpc) is 3.30. The maximum absolute atomic E-state index is 4.82. The molecule has 0 amide bonds. The smallest absolute Gasteiger partial charge is 0.0726 e. The number of fused-ring (bicyclic) bond motifs is 1. The Bertz CT molecular complexity index is 617. The largest absolute Gasteiger partial charge is 0.368 e. The number of pyridine rings is 1. The minimum absolute atomic E-state index is 0.479. The lowest BCUT2D eigenvalue weighted by Crippen LogP contribution is -2.26. The van der Waals surface area contributed by atoms with Crippen LogP contribution in [-0.2, 0) is 6.54 Å². The highest BCUT2D eigenvalue weighted by atomic mass is 15.2. The fraction of sp³-hybridized carbons (Fsp3) is 0.500. The summed E-state index contributed by atoms with van der Waals surface area (Å²) in [7, 11) is 0. The van der Waals surface area contributed by atoms with Crippen molar-refractivity contribution in [3.05, 3.63) is 36.0 Å². The van der Waals surface area contributed by atoms with Gasteiger partial charge in [0.25, 0.3) is 0 Å². The summed E-state index contributed by atoms with van der Waals surface area (Å²) in [5.41, 5.74) is 3.59. The zero-order chi connectivity index (χ0) is 14.8. The van der Waals surface area contributed by atoms with E-state index in [4.69, 9.17) is 4.98 Å². The second kappa shape index (κ2) is 6.02. The summed E-state index contributed by atoms with van der Waals surface area (Å²) in [5.74, 6) is 0. The van der Waals surface area contributed by atoms with Crippen LogP contribution in [0.5, 0.6) is 0 Å². The molecule has 1 aromatic carbocycles. The third kappa shape index (κ3) is 3.18. The first-order valence-corrected chi connectivity index (χ1v) is 8.07. The molecule has 1 heterocycles. The van der Waals surface area contributed by atoms with E-state index in [1.807, 2.05) is 0 Å². The van der Waals surface area contributed by atoms with Gasteiger partial charge in [0.15, 0.2) is 0 Å². The summed E-state index contributed by atoms with van der Waals surface area (Å²) in [5, 5.41) is 4.75. The predicted octanol–water partition coefficient (Wildman–Crippen LogP) is 3.72. The highest BCUT2D eigenvalue weighted by Crippen LogP contribution is 2.35. The third-order valence-electron chi connectivity index (χ3n) is 4.08. The molecule has 1 aliphatic carbocycles. The molecule has 112 valence electrons. The number of rotatable bonds is 6. The lowest BCUT2D eigenvalue weighted by atomic mass is 10.1. The number of aromatic nitrogens is 1. The summed E-state index contributed by atoms with van der Waals surface area (Å²) in [6.45, 7) is 8.49. The van der Waals surface area contributed by atoms with Gasteiger partial charge in [-0.1, -0.05) is 32.0 Å². The third-order valence-corrected chi connectivity index (χ3v) is 4.08. The maximum Gasteiger partial charge on any atom is 0.0726 e. The van der Waals surface area contributed by atoms with Gasteiger partial charge in [-0.05, 0) is 31.9 Å². The van der Waals surface area contributed by atoms with E-state index in [9.17, 15) is 0 Å². The van der Waals surface area contributed by atoms with E-state index < -0.39 is 0 Å². The number of nitrogens with one attached hydrogen (secondary N) is 1. The molecule has 1 aromatic heterocycles. The van der Waals surface area contributed by atoms with Crippen molar-refractivity contribution in [1.82, 2.24) is 10.3 Å². The summed E-state index contributed by atoms with van der Waals surface area (Å²) in [4.78, 5) is 7.36. The fourth-order valence-corrected chi connectivity index (χ4v) is 2.86. The molecule has 3 rings (SSSR count). The van der Waals surface area contributed by atoms with E-state index in [0.717, 1.165) is 30.3 Å². The van der Waals surface area contributed by atoms with Crippen LogP contribution in [0, 0.1) is 0 Å². The lowest BCUT2D eigenvalue weighted by molar-refractivity contribution is 0.582. The normalized spacial score (nSPS) is 14.9. The highest BCUT2D eigenvalue weighted by Gasteiger charge is 2.29. The number of para-hydroxylation sites is 1. The molecule has 0 bridgehead atoms. The van der Waals surface area contributed by atoms with E-state index in [1.165, 1.54) is 23.9 Å². The molecule has 1 aliphatic rings. The quantitative estimate of drug-likeness (QED) is 0.875. The van der Waals surface area contributed by atoms with E-state index in [1.54, 1.807) is 0 Å². The van der Waals surface area contributed by atoms with Crippen molar-refractivity contribution in [1.29, 1.82) is 0 Å². The number of hydrogen-bond donors (Lipinski definition) is 1. The Labute approximate surface area is 127 Å². The Balaban J connectivity index is 2.02. The molecule has 3 heteroatoms. The molecule has 21 heavy (non-hydrogen) atoms. The molecule has 3 nitrogen and oxygen atoms in total. The molecule has 0 radical (unpaired) electrons. The van der Waals surface area contributed by atoms with Gasteiger partial charge in [0.2, 0.25) is 0 Å². The van der Waals surface area contributed by atoms with Gasteiger partial charge in [-0.3, -0.25) is 4.98 Å². The Morgan fingerprint density at radius 1 is 1.29 bits per heavy atom. The fourth-order valence-electron chi connectivity index (χ4n) is 2.86. The van der Waals surface area contributed by atoms with Crippen LogP contribution in [0.1, 0.15) is 39.3 Å². The molecule has 1 N–H and O–H groups in total. The number of benzene rings is 1. The Morgan fingerprint density at radius 2 is 2.05 bits per heavy atom. The van der Waals surface area contributed by atoms with Crippen molar-refractivity contribution in [3.63, 3.8) is 0 Å². The predicted molar refractivity (Wildman–Crippen MR) is 89.8 cm³/mol. The molecule has 0 saturated heterocycles. The van der Waals surface area contributed by atoms with Crippen molar-refractivity contribution < 1.29 is 0 Å². The first-order valence-electron chi connectivity index (χ1n) is 8.07. The van der Waals surface area contributed by atoms with Crippen LogP contribution in [0.4, 0.5) is 5.69 Å². The van der Waals surface area contributed by atoms with Gasteiger partial charge in [-0.15, -0.1) is 0 Å². The van der Waals surface area contributed by atoms with E-state index >= 15 is 0 Å². The second-order valence-corrected chi connectivity index (χ2v) is 6.20. The molecule has 1 saturated carbocycles. The molecule has 0 unspecified atom stereocenters. The Morgan fingerprint density at radius 3 is 2.71 bits per heavy atom. The van der Waals surface area contributed by atoms with Crippen LogP contribution in [0.2, 0.25) is 0 Å². The van der Waals surface area contributed by atoms with Crippen LogP contribution < -0.4 is 10.2 Å². The number of anilines is 1. The van der Waals surface area contributed by atoms with Crippen molar-refractivity contribution in [2.75, 3.05) is 11.4 Å². The SMILES string of the molecule is CCN(c1cc(CNC(C)C)nc2ccccc12)C1CC1. The standard InChI is InChI=1S/C18H25N3/c1-4-21(15-9-10-15)18-11-14(12-19-13(2)3)20-17-8-6-5-7-16(17)18/h5-8,11,13,15,19H,4,9-10,12H2,1-3H3. The monoisotopic (exact) mass is 283 g/mol. The zero-order valence-electron chi connectivity index (χ0n) is 13.3. The van der Waals surface area contributed by atoms with Crippen molar-refractivity contribution in [2.45, 2.75) is 52.2 Å². The van der Waals surface area contributed by atoms with Crippen molar-refractivity contribution >= 4 is 16.6 Å². The minimum atomic E-state index is 0.479. The topological polar surface area (TPSA) is 28.2 Å². The molecule has 0 spiro atoms. The van der Waals surface area contributed by atoms with Crippen LogP contribution in [0.15, 0.2) is 30.3 Å². The van der Waals surface area contributed by atoms with Gasteiger partial charge >= 0.3 is 0 Å². The van der Waals surface area contributed by atoms with E-state index in [0.29, 0.717) is 6.04 Å². The van der Waals surface area contributed by atoms with Crippen LogP contribution in [-0.4, -0.2) is 23.6 Å². The maximum atomic E-state index is 4.82. The summed E-state index contributed by atoms with van der Waals surface area (Å²) in [6.07, 6.45) is 2.65. The van der Waals surface area contributed by atoms with Crippen LogP contribution in [0.3, 0.4) is 0 Å². The van der Waals surface area contributed by atoms with Gasteiger partial charge < -0.3 is 10.2 Å². The van der Waals surface area contributed by atoms with Crippen LogP contribution >= 0.6 is 0 Å². The molecule has 2 aromatic rings. The van der Waals surface area contributed by atoms with E-state index in [-0.39, 0.29) is 0 Å².